The van der Waals surface area contributed by atoms with Gasteiger partial charge in [0.25, 0.3) is 0 Å². The fourth-order valence-corrected chi connectivity index (χ4v) is 3.87. The van der Waals surface area contributed by atoms with Gasteiger partial charge in [-0.2, -0.15) is 18.4 Å². The van der Waals surface area contributed by atoms with Crippen molar-refractivity contribution in [2.75, 3.05) is 6.61 Å². The smallest absolute Gasteiger partial charge is 0.400 e. The Morgan fingerprint density at radius 1 is 1.46 bits per heavy atom. The number of hydrogen-bond acceptors (Lipinski definition) is 6. The van der Waals surface area contributed by atoms with Crippen LogP contribution in [0.2, 0.25) is 0 Å². The van der Waals surface area contributed by atoms with Crippen molar-refractivity contribution in [3.63, 3.8) is 0 Å². The first-order chi connectivity index (χ1) is 12.9. The number of nitrogens with one attached hydrogen (secondary N) is 1. The third-order valence-corrected chi connectivity index (χ3v) is 5.87. The van der Waals surface area contributed by atoms with Gasteiger partial charge < -0.3 is 15.9 Å². The fraction of sp³-hybridized carbons (Fsp3) is 0.526. The molecule has 0 amide bonds. The van der Waals surface area contributed by atoms with Crippen LogP contribution in [0.4, 0.5) is 13.2 Å². The number of rotatable bonds is 5. The molecule has 2 heterocycles. The molecule has 2 atom stereocenters. The lowest BCUT2D eigenvalue weighted by molar-refractivity contribution is -0.141. The highest BCUT2D eigenvalue weighted by molar-refractivity contribution is 8.00. The summed E-state index contributed by atoms with van der Waals surface area (Å²) in [7, 11) is 0. The summed E-state index contributed by atoms with van der Waals surface area (Å²) in [4.78, 5) is 3.73. The summed E-state index contributed by atoms with van der Waals surface area (Å²) in [5.41, 5.74) is 4.63. The first-order valence-corrected chi connectivity index (χ1v) is 9.50. The van der Waals surface area contributed by atoms with Gasteiger partial charge in [0.2, 0.25) is 0 Å². The Kier molecular flexibility index (Phi) is 6.46. The van der Waals surface area contributed by atoms with Gasteiger partial charge in [-0.15, -0.1) is 0 Å². The summed E-state index contributed by atoms with van der Waals surface area (Å²) in [5.74, 6) is 0. The van der Waals surface area contributed by atoms with Gasteiger partial charge in [0.15, 0.2) is 0 Å². The average Bonchev–Trinajstić information content (AvgIpc) is 2.60. The number of hydrogen-bond donors (Lipinski definition) is 2. The van der Waals surface area contributed by atoms with E-state index in [1.165, 1.54) is 23.9 Å². The number of nitrogens with two attached hydrogens (primary N) is 1. The summed E-state index contributed by atoms with van der Waals surface area (Å²) >= 11 is 1.27. The minimum Gasteiger partial charge on any atom is -0.400 e. The van der Waals surface area contributed by atoms with Gasteiger partial charge in [0.05, 0.1) is 28.3 Å². The van der Waals surface area contributed by atoms with Crippen molar-refractivity contribution in [3.05, 3.63) is 35.7 Å². The van der Waals surface area contributed by atoms with Crippen molar-refractivity contribution in [3.8, 4) is 6.07 Å². The first-order valence-electron chi connectivity index (χ1n) is 8.68. The monoisotopic (exact) mass is 412 g/mol. The van der Waals surface area contributed by atoms with Crippen molar-refractivity contribution in [1.82, 2.24) is 4.98 Å². The van der Waals surface area contributed by atoms with Crippen LogP contribution < -0.4 is 5.73 Å². The van der Waals surface area contributed by atoms with Crippen LogP contribution in [0.3, 0.4) is 0 Å². The van der Waals surface area contributed by atoms with Crippen LogP contribution in [0.1, 0.15) is 39.3 Å². The molecule has 1 aliphatic heterocycles. The number of allylic oxidation sites excluding steroid dienone is 1. The van der Waals surface area contributed by atoms with E-state index in [-0.39, 0.29) is 5.71 Å². The molecule has 0 aromatic carbocycles. The van der Waals surface area contributed by atoms with Crippen molar-refractivity contribution < 1.29 is 17.9 Å². The predicted octanol–water partition coefficient (Wildman–Crippen LogP) is 4.54. The number of alkyl halides is 3. The number of aromatic nitrogens is 1. The SMILES string of the molecule is CC1(Sc2cccc(C(F)(F)F)n2)CCOC(/C(N)=C/C(=N)C(C)(C)C#N)C1. The van der Waals surface area contributed by atoms with Crippen LogP contribution in [0.15, 0.2) is 35.0 Å². The third kappa shape index (κ3) is 5.49. The quantitative estimate of drug-likeness (QED) is 0.692. The maximum Gasteiger partial charge on any atom is 0.433 e. The Morgan fingerprint density at radius 3 is 2.75 bits per heavy atom. The van der Waals surface area contributed by atoms with Crippen LogP contribution in [0.25, 0.3) is 0 Å². The van der Waals surface area contributed by atoms with Crippen LogP contribution in [-0.4, -0.2) is 28.2 Å². The highest BCUT2D eigenvalue weighted by Gasteiger charge is 2.37. The van der Waals surface area contributed by atoms with Crippen LogP contribution in [0.5, 0.6) is 0 Å². The van der Waals surface area contributed by atoms with Gasteiger partial charge in [-0.3, -0.25) is 0 Å². The highest BCUT2D eigenvalue weighted by Crippen LogP contribution is 2.42. The van der Waals surface area contributed by atoms with E-state index in [0.717, 1.165) is 6.07 Å². The molecule has 5 nitrogen and oxygen atoms in total. The first kappa shape index (κ1) is 22.2. The number of thioether (sulfide) groups is 1. The molecule has 3 N–H and O–H groups in total. The van der Waals surface area contributed by atoms with E-state index in [1.807, 2.05) is 13.0 Å². The molecule has 0 aliphatic carbocycles. The van der Waals surface area contributed by atoms with Crippen molar-refractivity contribution in [2.45, 2.75) is 55.7 Å². The largest absolute Gasteiger partial charge is 0.433 e. The van der Waals surface area contributed by atoms with Crippen molar-refractivity contribution in [2.24, 2.45) is 11.1 Å². The van der Waals surface area contributed by atoms with Gasteiger partial charge >= 0.3 is 6.18 Å². The minimum atomic E-state index is -4.49. The van der Waals surface area contributed by atoms with E-state index in [2.05, 4.69) is 4.98 Å². The molecule has 1 aromatic heterocycles. The second-order valence-electron chi connectivity index (χ2n) is 7.52. The third-order valence-electron chi connectivity index (χ3n) is 4.57. The Balaban J connectivity index is 2.16. The number of ether oxygens (including phenoxy) is 1. The van der Waals surface area contributed by atoms with Gasteiger partial charge in [0.1, 0.15) is 5.69 Å². The molecule has 0 saturated carbocycles. The van der Waals surface area contributed by atoms with Gasteiger partial charge in [-0.05, 0) is 51.8 Å². The van der Waals surface area contributed by atoms with E-state index in [4.69, 9.17) is 21.1 Å². The maximum absolute atomic E-state index is 12.9. The fourth-order valence-electron chi connectivity index (χ4n) is 2.66. The number of nitrogens with zero attached hydrogens (tertiary/aromatic N) is 2. The molecule has 28 heavy (non-hydrogen) atoms. The normalized spacial score (nSPS) is 23.9. The number of pyridine rings is 1. The second-order valence-corrected chi connectivity index (χ2v) is 9.13. The lowest BCUT2D eigenvalue weighted by atomic mass is 9.87. The summed E-state index contributed by atoms with van der Waals surface area (Å²) in [6.45, 7) is 5.57. The predicted molar refractivity (Wildman–Crippen MR) is 102 cm³/mol. The molecular formula is C19H23F3N4OS. The zero-order chi connectivity index (χ0) is 21.2. The van der Waals surface area contributed by atoms with E-state index in [1.54, 1.807) is 19.9 Å². The summed E-state index contributed by atoms with van der Waals surface area (Å²) in [6.07, 6.45) is -2.45. The van der Waals surface area contributed by atoms with Gasteiger partial charge in [0, 0.05) is 17.1 Å². The molecule has 0 bridgehead atoms. The molecule has 2 rings (SSSR count). The summed E-state index contributed by atoms with van der Waals surface area (Å²) < 4.78 is 44.0. The van der Waals surface area contributed by atoms with E-state index >= 15 is 0 Å². The Morgan fingerprint density at radius 2 is 2.14 bits per heavy atom. The van der Waals surface area contributed by atoms with Gasteiger partial charge in [-0.1, -0.05) is 17.8 Å². The van der Waals surface area contributed by atoms with Crippen LogP contribution in [0, 0.1) is 22.2 Å². The van der Waals surface area contributed by atoms with E-state index in [0.29, 0.717) is 30.2 Å². The lowest BCUT2D eigenvalue weighted by Crippen LogP contribution is -2.39. The molecule has 2 unspecified atom stereocenters. The van der Waals surface area contributed by atoms with Gasteiger partial charge in [-0.25, -0.2) is 4.98 Å². The van der Waals surface area contributed by atoms with Crippen LogP contribution >= 0.6 is 11.8 Å². The molecule has 1 saturated heterocycles. The second kappa shape index (κ2) is 8.13. The standard InChI is InChI=1S/C19H23F3N4OS/c1-17(2,11-23)14(25)9-12(24)13-10-18(3,7-8-27-13)28-16-6-4-5-15(26-16)19(20,21)22/h4-6,9,13,25H,7-8,10,24H2,1-3H3/b12-9-,25-14?. The van der Waals surface area contributed by atoms with Crippen LogP contribution in [-0.2, 0) is 10.9 Å². The highest BCUT2D eigenvalue weighted by atomic mass is 32.2. The Labute approximate surface area is 166 Å². The zero-order valence-corrected chi connectivity index (χ0v) is 16.7. The molecule has 1 aliphatic rings. The van der Waals surface area contributed by atoms with Crippen molar-refractivity contribution >= 4 is 17.5 Å². The molecule has 9 heteroatoms. The minimum absolute atomic E-state index is 0.0792. The number of nitriles is 1. The Bertz CT molecular complexity index is 816. The Hall–Kier alpha value is -2.05. The molecule has 152 valence electrons. The molecular weight excluding hydrogens is 389 g/mol. The summed E-state index contributed by atoms with van der Waals surface area (Å²) in [5, 5.41) is 17.5. The zero-order valence-electron chi connectivity index (χ0n) is 15.9. The van der Waals surface area contributed by atoms with Crippen molar-refractivity contribution in [1.29, 1.82) is 10.7 Å². The number of halogens is 3. The molecule has 1 aromatic rings. The maximum atomic E-state index is 12.9. The molecule has 1 fully saturated rings. The summed E-state index contributed by atoms with van der Waals surface area (Å²) in [6, 6.07) is 5.89. The molecule has 0 radical (unpaired) electrons. The average molecular weight is 412 g/mol. The van der Waals surface area contributed by atoms with E-state index < -0.39 is 28.1 Å². The lowest BCUT2D eigenvalue weighted by Gasteiger charge is -2.37. The molecule has 0 spiro atoms. The topological polar surface area (TPSA) is 95.8 Å². The van der Waals surface area contributed by atoms with E-state index in [9.17, 15) is 13.2 Å².